The zero-order valence-corrected chi connectivity index (χ0v) is 14.0. The summed E-state index contributed by atoms with van der Waals surface area (Å²) in [6, 6.07) is 0. The standard InChI is InChI=1S/C16H34N2O3/c1-4-5-6-7-8-9-11-16(19)17-12-10-13-18(2,3)14-15-21-20/h15,20H,4-14H2,1-3H3,(H,17,19)/p-1. The Hall–Kier alpha value is -0.650. The zero-order valence-electron chi connectivity index (χ0n) is 14.0. The first-order chi connectivity index (χ1) is 10.0. The van der Waals surface area contributed by atoms with Crippen LogP contribution in [0.2, 0.25) is 0 Å². The number of amides is 1. The third kappa shape index (κ3) is 14.1. The first-order valence-corrected chi connectivity index (χ1v) is 8.21. The Balaban J connectivity index is 3.44. The van der Waals surface area contributed by atoms with Crippen LogP contribution in [0.4, 0.5) is 0 Å². The van der Waals surface area contributed by atoms with Gasteiger partial charge >= 0.3 is 0 Å². The fourth-order valence-electron chi connectivity index (χ4n) is 2.21. The minimum absolute atomic E-state index is 0.158. The third-order valence-electron chi connectivity index (χ3n) is 3.66. The highest BCUT2D eigenvalue weighted by Crippen LogP contribution is 2.06. The second-order valence-corrected chi connectivity index (χ2v) is 6.33. The van der Waals surface area contributed by atoms with Crippen LogP contribution in [0.15, 0.2) is 0 Å². The molecule has 0 aromatic carbocycles. The molecule has 21 heavy (non-hydrogen) atoms. The summed E-state index contributed by atoms with van der Waals surface area (Å²) in [6.45, 7) is 5.66. The predicted molar refractivity (Wildman–Crippen MR) is 82.8 cm³/mol. The molecule has 0 aromatic heterocycles. The highest BCUT2D eigenvalue weighted by molar-refractivity contribution is 5.75. The Morgan fingerprint density at radius 1 is 1.14 bits per heavy atom. The van der Waals surface area contributed by atoms with Gasteiger partial charge in [0.05, 0.1) is 20.6 Å². The molecule has 5 nitrogen and oxygen atoms in total. The van der Waals surface area contributed by atoms with E-state index < -0.39 is 0 Å². The van der Waals surface area contributed by atoms with Gasteiger partial charge in [-0.15, -0.1) is 0 Å². The molecule has 0 atom stereocenters. The van der Waals surface area contributed by atoms with E-state index in [4.69, 9.17) is 0 Å². The van der Waals surface area contributed by atoms with E-state index in [1.54, 1.807) is 0 Å². The predicted octanol–water partition coefficient (Wildman–Crippen LogP) is 1.77. The summed E-state index contributed by atoms with van der Waals surface area (Å²) in [7, 11) is 4.07. The van der Waals surface area contributed by atoms with Crippen molar-refractivity contribution in [2.75, 3.05) is 33.7 Å². The number of nitrogens with one attached hydrogen (secondary N) is 1. The normalized spacial score (nSPS) is 11.6. The Morgan fingerprint density at radius 3 is 2.48 bits per heavy atom. The monoisotopic (exact) mass is 301 g/mol. The van der Waals surface area contributed by atoms with Crippen molar-refractivity contribution in [1.29, 1.82) is 0 Å². The van der Waals surface area contributed by atoms with Crippen molar-refractivity contribution in [2.45, 2.75) is 58.3 Å². The molecule has 0 saturated heterocycles. The maximum atomic E-state index is 11.6. The molecule has 1 N–H and O–H groups in total. The molecule has 0 aliphatic heterocycles. The lowest BCUT2D eigenvalue weighted by atomic mass is 10.1. The minimum atomic E-state index is 0.158. The van der Waals surface area contributed by atoms with Crippen molar-refractivity contribution in [3.8, 4) is 0 Å². The molecule has 0 unspecified atom stereocenters. The van der Waals surface area contributed by atoms with E-state index in [9.17, 15) is 10.1 Å². The molecular weight excluding hydrogens is 268 g/mol. The first kappa shape index (κ1) is 20.3. The Kier molecular flexibility index (Phi) is 12.6. The second-order valence-electron chi connectivity index (χ2n) is 6.33. The van der Waals surface area contributed by atoms with Gasteiger partial charge in [0.15, 0.2) is 0 Å². The Labute approximate surface area is 130 Å². The van der Waals surface area contributed by atoms with E-state index in [1.165, 1.54) is 32.3 Å². The van der Waals surface area contributed by atoms with Gasteiger partial charge in [0.1, 0.15) is 0 Å². The van der Waals surface area contributed by atoms with Gasteiger partial charge in [0.25, 0.3) is 0 Å². The van der Waals surface area contributed by atoms with Crippen LogP contribution < -0.4 is 10.6 Å². The molecule has 0 heterocycles. The van der Waals surface area contributed by atoms with Gasteiger partial charge in [-0.1, -0.05) is 39.0 Å². The number of likely N-dealkylation sites (N-methyl/N-ethyl adjacent to an activating group) is 1. The van der Waals surface area contributed by atoms with Gasteiger partial charge in [-0.3, -0.25) is 4.79 Å². The molecule has 0 radical (unpaired) electrons. The average molecular weight is 301 g/mol. The van der Waals surface area contributed by atoms with E-state index in [2.05, 4.69) is 17.1 Å². The fraction of sp³-hybridized carbons (Fsp3) is 0.875. The van der Waals surface area contributed by atoms with Crippen molar-refractivity contribution in [2.24, 2.45) is 0 Å². The summed E-state index contributed by atoms with van der Waals surface area (Å²) in [5, 5.41) is 12.9. The van der Waals surface area contributed by atoms with Gasteiger partial charge in [-0.05, 0) is 13.0 Å². The highest BCUT2D eigenvalue weighted by Gasteiger charge is 2.09. The molecule has 5 heteroatoms. The van der Waals surface area contributed by atoms with Gasteiger partial charge in [-0.2, -0.15) is 6.61 Å². The quantitative estimate of drug-likeness (QED) is 0.175. The number of carbonyl (C=O) groups is 1. The number of hydrogen-bond acceptors (Lipinski definition) is 3. The SMILES string of the molecule is CCCCCCCCC(=O)NCCC[N+](C)(C)C[CH-]O[O-]. The molecule has 0 rings (SSSR count). The van der Waals surface area contributed by atoms with Crippen LogP contribution in [0, 0.1) is 6.61 Å². The van der Waals surface area contributed by atoms with Crippen LogP contribution in [0.25, 0.3) is 0 Å². The van der Waals surface area contributed by atoms with Crippen LogP contribution in [0.1, 0.15) is 58.3 Å². The zero-order chi connectivity index (χ0) is 16.0. The molecule has 126 valence electrons. The van der Waals surface area contributed by atoms with Crippen molar-refractivity contribution in [3.63, 3.8) is 0 Å². The summed E-state index contributed by atoms with van der Waals surface area (Å²) >= 11 is 0. The summed E-state index contributed by atoms with van der Waals surface area (Å²) in [4.78, 5) is 15.4. The van der Waals surface area contributed by atoms with Gasteiger partial charge in [0.2, 0.25) is 5.91 Å². The molecule has 1 amide bonds. The average Bonchev–Trinajstić information content (AvgIpc) is 2.45. The molecule has 0 aliphatic rings. The number of hydrogen-bond donors (Lipinski definition) is 1. The van der Waals surface area contributed by atoms with Crippen LogP contribution >= 0.6 is 0 Å². The Bertz CT molecular complexity index is 258. The smallest absolute Gasteiger partial charge is 0.219 e. The molecule has 0 aliphatic carbocycles. The van der Waals surface area contributed by atoms with Crippen molar-refractivity contribution in [1.82, 2.24) is 5.32 Å². The maximum Gasteiger partial charge on any atom is 0.219 e. The lowest BCUT2D eigenvalue weighted by Gasteiger charge is -2.35. The largest absolute Gasteiger partial charge is 0.759 e. The fourth-order valence-corrected chi connectivity index (χ4v) is 2.21. The molecule has 0 aromatic rings. The van der Waals surface area contributed by atoms with Crippen LogP contribution in [0.3, 0.4) is 0 Å². The lowest BCUT2D eigenvalue weighted by Crippen LogP contribution is -2.43. The first-order valence-electron chi connectivity index (χ1n) is 8.21. The van der Waals surface area contributed by atoms with Crippen LogP contribution in [-0.2, 0) is 9.68 Å². The second kappa shape index (κ2) is 13.0. The van der Waals surface area contributed by atoms with E-state index in [1.807, 2.05) is 14.1 Å². The van der Waals surface area contributed by atoms with Crippen molar-refractivity contribution < 1.29 is 19.4 Å². The van der Waals surface area contributed by atoms with E-state index in [0.29, 0.717) is 24.0 Å². The van der Waals surface area contributed by atoms with E-state index in [0.717, 1.165) is 25.8 Å². The molecule has 0 spiro atoms. The van der Waals surface area contributed by atoms with E-state index in [-0.39, 0.29) is 5.91 Å². The summed E-state index contributed by atoms with van der Waals surface area (Å²) in [6.07, 6.45) is 8.78. The van der Waals surface area contributed by atoms with Crippen LogP contribution in [0.5, 0.6) is 0 Å². The number of quaternary nitrogens is 1. The van der Waals surface area contributed by atoms with Gasteiger partial charge in [0, 0.05) is 19.4 Å². The van der Waals surface area contributed by atoms with Crippen molar-refractivity contribution in [3.05, 3.63) is 6.61 Å². The summed E-state index contributed by atoms with van der Waals surface area (Å²) in [5.41, 5.74) is 0. The molecular formula is C16H33N2O3-. The Morgan fingerprint density at radius 2 is 1.81 bits per heavy atom. The minimum Gasteiger partial charge on any atom is -0.759 e. The molecule has 0 bridgehead atoms. The summed E-state index contributed by atoms with van der Waals surface area (Å²) in [5.74, 6) is 0.158. The van der Waals surface area contributed by atoms with Gasteiger partial charge < -0.3 is 19.9 Å². The van der Waals surface area contributed by atoms with Crippen LogP contribution in [-0.4, -0.2) is 44.1 Å². The number of carbonyl (C=O) groups excluding carboxylic acids is 1. The molecule has 0 fully saturated rings. The maximum absolute atomic E-state index is 11.6. The lowest BCUT2D eigenvalue weighted by molar-refractivity contribution is -0.891. The van der Waals surface area contributed by atoms with Crippen molar-refractivity contribution >= 4 is 5.91 Å². The number of nitrogens with zero attached hydrogens (tertiary/aromatic N) is 1. The topological polar surface area (TPSA) is 61.4 Å². The summed E-state index contributed by atoms with van der Waals surface area (Å²) < 4.78 is 0.690. The highest BCUT2D eigenvalue weighted by atomic mass is 17.1. The number of unbranched alkanes of at least 4 members (excludes halogenated alkanes) is 5. The molecule has 0 saturated carbocycles. The van der Waals surface area contributed by atoms with Gasteiger partial charge in [-0.25, -0.2) is 0 Å². The van der Waals surface area contributed by atoms with E-state index >= 15 is 0 Å². The third-order valence-corrected chi connectivity index (χ3v) is 3.66. The number of rotatable bonds is 14.